The van der Waals surface area contributed by atoms with Gasteiger partial charge in [0, 0.05) is 41.2 Å². The zero-order valence-corrected chi connectivity index (χ0v) is 20.4. The normalized spacial score (nSPS) is 16.9. The molecule has 2 fully saturated rings. The third kappa shape index (κ3) is 7.24. The number of carbonyl (C=O) groups is 2. The Bertz CT molecular complexity index is 1060. The van der Waals surface area contributed by atoms with Crippen LogP contribution in [0.4, 0.5) is 13.2 Å². The molecule has 194 valence electrons. The summed E-state index contributed by atoms with van der Waals surface area (Å²) in [7, 11) is 0. The standard InChI is InChI=1S/C24H27ClN2O2.C2HF3O2/c1-2-15-29-22-6-4-3-5-20(22)16-26-13-11-24(12-14-26)17-27(18-24)23(28)19-7-9-21(25)10-8-19;3-2(4,5)1(6)7/h2-10H,1,11-18H2;(H,6,7). The highest BCUT2D eigenvalue weighted by Crippen LogP contribution is 2.41. The van der Waals surface area contributed by atoms with Gasteiger partial charge in [-0.1, -0.05) is 42.5 Å². The van der Waals surface area contributed by atoms with Gasteiger partial charge in [0.25, 0.3) is 5.91 Å². The molecule has 2 saturated heterocycles. The molecule has 0 aliphatic carbocycles. The van der Waals surface area contributed by atoms with E-state index in [0.29, 0.717) is 11.6 Å². The summed E-state index contributed by atoms with van der Waals surface area (Å²) in [6, 6.07) is 15.4. The van der Waals surface area contributed by atoms with E-state index < -0.39 is 12.1 Å². The third-order valence-corrected chi connectivity index (χ3v) is 6.57. The SMILES string of the molecule is C=CCOc1ccccc1CN1CCC2(CC1)CN(C(=O)c1ccc(Cl)cc1)C2.O=C(O)C(F)(F)F. The Morgan fingerprint density at radius 2 is 1.67 bits per heavy atom. The van der Waals surface area contributed by atoms with Crippen LogP contribution in [0.25, 0.3) is 0 Å². The van der Waals surface area contributed by atoms with Crippen LogP contribution in [-0.4, -0.2) is 65.7 Å². The number of likely N-dealkylation sites (tertiary alicyclic amines) is 2. The first-order chi connectivity index (χ1) is 17.0. The van der Waals surface area contributed by atoms with Crippen LogP contribution < -0.4 is 4.74 Å². The first-order valence-corrected chi connectivity index (χ1v) is 11.8. The number of hydrogen-bond acceptors (Lipinski definition) is 4. The van der Waals surface area contributed by atoms with Gasteiger partial charge in [0.1, 0.15) is 12.4 Å². The molecule has 0 radical (unpaired) electrons. The molecule has 0 unspecified atom stereocenters. The minimum atomic E-state index is -5.08. The van der Waals surface area contributed by atoms with Crippen LogP contribution in [0.15, 0.2) is 61.2 Å². The highest BCUT2D eigenvalue weighted by molar-refractivity contribution is 6.30. The molecule has 36 heavy (non-hydrogen) atoms. The summed E-state index contributed by atoms with van der Waals surface area (Å²) in [6.07, 6.45) is -1.05. The van der Waals surface area contributed by atoms with Crippen molar-refractivity contribution >= 4 is 23.5 Å². The Kier molecular flexibility index (Phi) is 9.03. The highest BCUT2D eigenvalue weighted by Gasteiger charge is 2.46. The number of aliphatic carboxylic acids is 1. The Hall–Kier alpha value is -3.04. The van der Waals surface area contributed by atoms with Gasteiger partial charge in [-0.3, -0.25) is 9.69 Å². The van der Waals surface area contributed by atoms with E-state index in [2.05, 4.69) is 23.6 Å². The fourth-order valence-electron chi connectivity index (χ4n) is 4.35. The lowest BCUT2D eigenvalue weighted by Crippen LogP contribution is -2.61. The van der Waals surface area contributed by atoms with Crippen LogP contribution >= 0.6 is 11.6 Å². The largest absolute Gasteiger partial charge is 0.490 e. The summed E-state index contributed by atoms with van der Waals surface area (Å²) in [5, 5.41) is 7.78. The minimum absolute atomic E-state index is 0.114. The van der Waals surface area contributed by atoms with Crippen molar-refractivity contribution < 1.29 is 32.6 Å². The lowest BCUT2D eigenvalue weighted by Gasteiger charge is -2.54. The zero-order valence-electron chi connectivity index (χ0n) is 19.6. The maximum Gasteiger partial charge on any atom is 0.490 e. The number of carboxylic acids is 1. The van der Waals surface area contributed by atoms with Gasteiger partial charge in [-0.05, 0) is 56.3 Å². The first-order valence-electron chi connectivity index (χ1n) is 11.4. The van der Waals surface area contributed by atoms with Crippen molar-refractivity contribution in [2.75, 3.05) is 32.8 Å². The Labute approximate surface area is 212 Å². The molecule has 2 aromatic rings. The maximum absolute atomic E-state index is 12.6. The number of halogens is 4. The number of hydrogen-bond donors (Lipinski definition) is 1. The van der Waals surface area contributed by atoms with E-state index >= 15 is 0 Å². The molecule has 0 bridgehead atoms. The summed E-state index contributed by atoms with van der Waals surface area (Å²) in [5.74, 6) is -1.70. The van der Waals surface area contributed by atoms with Gasteiger partial charge in [-0.25, -0.2) is 4.79 Å². The molecule has 6 nitrogen and oxygen atoms in total. The summed E-state index contributed by atoms with van der Waals surface area (Å²) in [5.41, 5.74) is 2.23. The van der Waals surface area contributed by atoms with Crippen molar-refractivity contribution in [2.24, 2.45) is 5.41 Å². The molecule has 10 heteroatoms. The predicted octanol–water partition coefficient (Wildman–Crippen LogP) is 5.28. The van der Waals surface area contributed by atoms with E-state index in [1.165, 1.54) is 5.56 Å². The predicted molar refractivity (Wildman–Crippen MR) is 130 cm³/mol. The quantitative estimate of drug-likeness (QED) is 0.521. The topological polar surface area (TPSA) is 70.1 Å². The number of carbonyl (C=O) groups excluding carboxylic acids is 1. The van der Waals surface area contributed by atoms with E-state index in [9.17, 15) is 18.0 Å². The number of alkyl halides is 3. The third-order valence-electron chi connectivity index (χ3n) is 6.31. The van der Waals surface area contributed by atoms with Gasteiger partial charge in [0.05, 0.1) is 0 Å². The van der Waals surface area contributed by atoms with E-state index in [1.807, 2.05) is 29.2 Å². The second-order valence-electron chi connectivity index (χ2n) is 8.95. The minimum Gasteiger partial charge on any atom is -0.489 e. The molecule has 0 saturated carbocycles. The maximum atomic E-state index is 12.6. The molecule has 1 N–H and O–H groups in total. The average molecular weight is 525 g/mol. The van der Waals surface area contributed by atoms with Crippen molar-refractivity contribution in [1.82, 2.24) is 9.80 Å². The van der Waals surface area contributed by atoms with Gasteiger partial charge >= 0.3 is 12.1 Å². The molecule has 2 aromatic carbocycles. The van der Waals surface area contributed by atoms with Crippen LogP contribution in [-0.2, 0) is 11.3 Å². The van der Waals surface area contributed by atoms with Crippen molar-refractivity contribution in [3.63, 3.8) is 0 Å². The summed E-state index contributed by atoms with van der Waals surface area (Å²) in [4.78, 5) is 26.0. The second-order valence-corrected chi connectivity index (χ2v) is 9.39. The van der Waals surface area contributed by atoms with E-state index in [4.69, 9.17) is 26.2 Å². The summed E-state index contributed by atoms with van der Waals surface area (Å²) >= 11 is 5.92. The summed E-state index contributed by atoms with van der Waals surface area (Å²) in [6.45, 7) is 8.98. The van der Waals surface area contributed by atoms with Crippen molar-refractivity contribution in [3.8, 4) is 5.75 Å². The molecule has 1 spiro atoms. The highest BCUT2D eigenvalue weighted by atomic mass is 35.5. The number of para-hydroxylation sites is 1. The van der Waals surface area contributed by atoms with Crippen LogP contribution in [0, 0.1) is 5.41 Å². The van der Waals surface area contributed by atoms with Gasteiger partial charge in [-0.2, -0.15) is 13.2 Å². The molecule has 0 atom stereocenters. The lowest BCUT2D eigenvalue weighted by atomic mass is 9.71. The Morgan fingerprint density at radius 3 is 2.22 bits per heavy atom. The van der Waals surface area contributed by atoms with E-state index in [1.54, 1.807) is 18.2 Å². The van der Waals surface area contributed by atoms with Crippen molar-refractivity contribution in [3.05, 3.63) is 77.3 Å². The fourth-order valence-corrected chi connectivity index (χ4v) is 4.47. The lowest BCUT2D eigenvalue weighted by molar-refractivity contribution is -0.192. The van der Waals surface area contributed by atoms with Crippen molar-refractivity contribution in [1.29, 1.82) is 0 Å². The molecule has 1 amide bonds. The number of piperidine rings is 1. The van der Waals surface area contributed by atoms with E-state index in [-0.39, 0.29) is 11.3 Å². The molecule has 2 aliphatic heterocycles. The Morgan fingerprint density at radius 1 is 1.08 bits per heavy atom. The number of nitrogens with zero attached hydrogens (tertiary/aromatic N) is 2. The van der Waals surface area contributed by atoms with Gasteiger partial charge in [-0.15, -0.1) is 0 Å². The number of amides is 1. The smallest absolute Gasteiger partial charge is 0.489 e. The Balaban J connectivity index is 0.000000454. The van der Waals surface area contributed by atoms with Crippen LogP contribution in [0.5, 0.6) is 5.75 Å². The van der Waals surface area contributed by atoms with Crippen LogP contribution in [0.3, 0.4) is 0 Å². The summed E-state index contributed by atoms with van der Waals surface area (Å²) < 4.78 is 37.5. The molecule has 4 rings (SSSR count). The molecular formula is C26H28ClF3N2O4. The average Bonchev–Trinajstić information content (AvgIpc) is 2.82. The van der Waals surface area contributed by atoms with Gasteiger partial charge in [0.2, 0.25) is 0 Å². The van der Waals surface area contributed by atoms with Crippen molar-refractivity contribution in [2.45, 2.75) is 25.6 Å². The van der Waals surface area contributed by atoms with E-state index in [0.717, 1.165) is 56.9 Å². The van der Waals surface area contributed by atoms with Gasteiger partial charge in [0.15, 0.2) is 0 Å². The number of ether oxygens (including phenoxy) is 1. The number of carboxylic acid groups (broad SMARTS) is 1. The molecule has 2 heterocycles. The number of rotatable bonds is 6. The molecule has 2 aliphatic rings. The first kappa shape index (κ1) is 27.5. The fraction of sp³-hybridized carbons (Fsp3) is 0.385. The molecule has 0 aromatic heterocycles. The second kappa shape index (κ2) is 11.8. The zero-order chi connectivity index (χ0) is 26.3. The van der Waals surface area contributed by atoms with Crippen LogP contribution in [0.2, 0.25) is 5.02 Å². The number of benzene rings is 2. The van der Waals surface area contributed by atoms with Gasteiger partial charge < -0.3 is 14.7 Å². The molecular weight excluding hydrogens is 497 g/mol. The monoisotopic (exact) mass is 524 g/mol. The van der Waals surface area contributed by atoms with Crippen LogP contribution in [0.1, 0.15) is 28.8 Å².